The van der Waals surface area contributed by atoms with Crippen molar-refractivity contribution in [2.75, 3.05) is 0 Å². The van der Waals surface area contributed by atoms with Gasteiger partial charge in [0.05, 0.1) is 0 Å². The molecular formula is C54H45BN3P3. The van der Waals surface area contributed by atoms with Gasteiger partial charge in [0.15, 0.2) is 0 Å². The minimum Gasteiger partial charge on any atom is -0.295 e. The lowest BCUT2D eigenvalue weighted by atomic mass is 10.0. The van der Waals surface area contributed by atoms with Crippen molar-refractivity contribution in [3.63, 3.8) is 0 Å². The summed E-state index contributed by atoms with van der Waals surface area (Å²) in [4.78, 5) is 0. The van der Waals surface area contributed by atoms with Crippen LogP contribution in [0.5, 0.6) is 0 Å². The maximum atomic E-state index is 6.37. The molecule has 0 fully saturated rings. The third-order valence-corrected chi connectivity index (χ3v) is 22.1. The number of hydrogen-bond donors (Lipinski definition) is 0. The number of benzene rings is 9. The largest absolute Gasteiger partial charge is 0.559 e. The highest BCUT2D eigenvalue weighted by atomic mass is 31.2. The Labute approximate surface area is 361 Å². The Kier molecular flexibility index (Phi) is 12.2. The normalized spacial score (nSPS) is 11.6. The standard InChI is InChI=1S/C54H45BN3P3/c1-10-28-46(29-11-1)59(47-30-12-2-13-31-47,48-32-14-3-15-33-48)56-55(57-60(49-34-16-4-17-35-49,50-36-18-5-19-37-50)51-38-20-6-21-39-51)58-61(52-40-22-7-23-41-52,53-42-24-8-25-43-53)54-44-26-9-27-45-54/h1-45H. The molecule has 0 N–H and O–H groups in total. The van der Waals surface area contributed by atoms with E-state index in [2.05, 4.69) is 273 Å². The third-order valence-electron chi connectivity index (χ3n) is 11.0. The molecule has 9 aromatic rings. The van der Waals surface area contributed by atoms with Crippen LogP contribution in [0.1, 0.15) is 0 Å². The fourth-order valence-corrected chi connectivity index (χ4v) is 19.1. The number of nitrogens with zero attached hydrogens (tertiary/aromatic N) is 3. The summed E-state index contributed by atoms with van der Waals surface area (Å²) in [7, 11) is -9.44. The molecule has 0 aliphatic rings. The van der Waals surface area contributed by atoms with Gasteiger partial charge in [-0.05, 0) is 47.7 Å². The first-order valence-electron chi connectivity index (χ1n) is 20.6. The molecule has 9 aromatic carbocycles. The van der Waals surface area contributed by atoms with Crippen molar-refractivity contribution in [1.29, 1.82) is 0 Å². The lowest BCUT2D eigenvalue weighted by molar-refractivity contribution is 1.56. The van der Waals surface area contributed by atoms with Crippen LogP contribution in [0.4, 0.5) is 0 Å². The van der Waals surface area contributed by atoms with Crippen molar-refractivity contribution >= 4 is 76.0 Å². The fourth-order valence-electron chi connectivity index (χ4n) is 8.27. The maximum Gasteiger partial charge on any atom is 0.559 e. The van der Waals surface area contributed by atoms with Gasteiger partial charge < -0.3 is 0 Å². The molecular weight excluding hydrogens is 794 g/mol. The Bertz CT molecular complexity index is 2320. The van der Waals surface area contributed by atoms with Gasteiger partial charge in [-0.2, -0.15) is 0 Å². The third kappa shape index (κ3) is 7.92. The molecule has 3 nitrogen and oxygen atoms in total. The monoisotopic (exact) mass is 839 g/mol. The van der Waals surface area contributed by atoms with Gasteiger partial charge in [-0.15, -0.1) is 0 Å². The SMILES string of the molecule is c1ccc(P(=NB(N=P(c2ccccc2)(c2ccccc2)c2ccccc2)N=P(c2ccccc2)(c2ccccc2)c2ccccc2)(c2ccccc2)c2ccccc2)cc1. The smallest absolute Gasteiger partial charge is 0.295 e. The van der Waals surface area contributed by atoms with E-state index in [-0.39, 0.29) is 0 Å². The zero-order valence-corrected chi connectivity index (χ0v) is 36.4. The van der Waals surface area contributed by atoms with Gasteiger partial charge in [0.1, 0.15) is 0 Å². The van der Waals surface area contributed by atoms with Crippen molar-refractivity contribution in [2.45, 2.75) is 0 Å². The highest BCUT2D eigenvalue weighted by molar-refractivity contribution is 7.90. The van der Waals surface area contributed by atoms with Crippen LogP contribution in [-0.2, 0) is 0 Å². The quantitative estimate of drug-likeness (QED) is 0.0868. The first-order valence-corrected chi connectivity index (χ1v) is 25.8. The molecule has 0 unspecified atom stereocenters. The van der Waals surface area contributed by atoms with E-state index in [9.17, 15) is 0 Å². The molecule has 0 atom stereocenters. The summed E-state index contributed by atoms with van der Waals surface area (Å²) in [6, 6.07) is 97.7. The van der Waals surface area contributed by atoms with Gasteiger partial charge in [0.2, 0.25) is 0 Å². The van der Waals surface area contributed by atoms with E-state index in [1.54, 1.807) is 0 Å². The fraction of sp³-hybridized carbons (Fsp3) is 0. The molecule has 0 bridgehead atoms. The number of hydrogen-bond acceptors (Lipinski definition) is 3. The summed E-state index contributed by atoms with van der Waals surface area (Å²) in [5, 5.41) is 10.3. The number of rotatable bonds is 12. The second-order valence-corrected chi connectivity index (χ2v) is 23.8. The first-order chi connectivity index (χ1) is 30.2. The highest BCUT2D eigenvalue weighted by Gasteiger charge is 2.37. The predicted molar refractivity (Wildman–Crippen MR) is 268 cm³/mol. The topological polar surface area (TPSA) is 37.1 Å². The van der Waals surface area contributed by atoms with E-state index in [1.807, 2.05) is 0 Å². The van der Waals surface area contributed by atoms with Crippen molar-refractivity contribution in [2.24, 2.45) is 14.0 Å². The van der Waals surface area contributed by atoms with Crippen LogP contribution in [0.3, 0.4) is 0 Å². The van der Waals surface area contributed by atoms with Crippen LogP contribution in [0, 0.1) is 0 Å². The molecule has 0 aliphatic heterocycles. The summed E-state index contributed by atoms with van der Waals surface area (Å²) in [6.45, 7) is 0. The van der Waals surface area contributed by atoms with Crippen LogP contribution >= 0.6 is 21.2 Å². The van der Waals surface area contributed by atoms with E-state index in [1.165, 1.54) is 0 Å². The molecule has 0 saturated heterocycles. The van der Waals surface area contributed by atoms with Gasteiger partial charge in [-0.3, -0.25) is 14.0 Å². The minimum absolute atomic E-state index is 0.864. The van der Waals surface area contributed by atoms with Gasteiger partial charge >= 0.3 is 7.12 Å². The molecule has 61 heavy (non-hydrogen) atoms. The molecule has 0 aliphatic carbocycles. The van der Waals surface area contributed by atoms with Gasteiger partial charge in [0, 0.05) is 21.2 Å². The van der Waals surface area contributed by atoms with E-state index >= 15 is 0 Å². The highest BCUT2D eigenvalue weighted by Crippen LogP contribution is 2.54. The Morgan fingerprint density at radius 1 is 0.180 bits per heavy atom. The first kappa shape index (κ1) is 40.2. The molecule has 0 aromatic heterocycles. The van der Waals surface area contributed by atoms with E-state index in [0.29, 0.717) is 0 Å². The molecule has 294 valence electrons. The summed E-state index contributed by atoms with van der Waals surface area (Å²) in [5.41, 5.74) is 0. The van der Waals surface area contributed by atoms with Crippen molar-refractivity contribution in [1.82, 2.24) is 0 Å². The Morgan fingerprint density at radius 3 is 0.410 bits per heavy atom. The summed E-state index contributed by atoms with van der Waals surface area (Å²) >= 11 is 0. The molecule has 0 amide bonds. The van der Waals surface area contributed by atoms with Gasteiger partial charge in [0.25, 0.3) is 0 Å². The molecule has 0 spiro atoms. The summed E-state index contributed by atoms with van der Waals surface area (Å²) in [5.74, 6) is 0. The van der Waals surface area contributed by atoms with Crippen LogP contribution in [-0.4, -0.2) is 7.12 Å². The molecule has 0 radical (unpaired) electrons. The van der Waals surface area contributed by atoms with Gasteiger partial charge in [-0.25, -0.2) is 0 Å². The summed E-state index contributed by atoms with van der Waals surface area (Å²) < 4.78 is 19.1. The minimum atomic E-state index is -2.86. The van der Waals surface area contributed by atoms with E-state index in [4.69, 9.17) is 14.0 Å². The van der Waals surface area contributed by atoms with Crippen LogP contribution in [0.2, 0.25) is 0 Å². The lowest BCUT2D eigenvalue weighted by Gasteiger charge is -2.32. The van der Waals surface area contributed by atoms with Crippen LogP contribution in [0.25, 0.3) is 0 Å². The second kappa shape index (κ2) is 18.6. The average molecular weight is 840 g/mol. The van der Waals surface area contributed by atoms with E-state index < -0.39 is 28.3 Å². The zero-order chi connectivity index (χ0) is 41.2. The van der Waals surface area contributed by atoms with Crippen molar-refractivity contribution in [3.8, 4) is 0 Å². The predicted octanol–water partition coefficient (Wildman–Crippen LogP) is 10.5. The Morgan fingerprint density at radius 2 is 0.295 bits per heavy atom. The Balaban J connectivity index is 1.57. The summed E-state index contributed by atoms with van der Waals surface area (Å²) in [6.07, 6.45) is 0. The van der Waals surface area contributed by atoms with Crippen LogP contribution < -0.4 is 47.7 Å². The van der Waals surface area contributed by atoms with Gasteiger partial charge in [-0.1, -0.05) is 273 Å². The van der Waals surface area contributed by atoms with Crippen molar-refractivity contribution < 1.29 is 0 Å². The van der Waals surface area contributed by atoms with E-state index in [0.717, 1.165) is 47.7 Å². The average Bonchev–Trinajstić information content (AvgIpc) is 3.36. The molecule has 7 heteroatoms. The lowest BCUT2D eigenvalue weighted by Crippen LogP contribution is -2.31. The Hall–Kier alpha value is -6.27. The van der Waals surface area contributed by atoms with Crippen molar-refractivity contribution in [3.05, 3.63) is 273 Å². The second-order valence-electron chi connectivity index (χ2n) is 14.6. The van der Waals surface area contributed by atoms with Crippen LogP contribution in [0.15, 0.2) is 287 Å². The molecule has 0 saturated carbocycles. The molecule has 9 rings (SSSR count). The molecule has 0 heterocycles. The zero-order valence-electron chi connectivity index (χ0n) is 33.7. The maximum absolute atomic E-state index is 6.37.